The summed E-state index contributed by atoms with van der Waals surface area (Å²) in [6, 6.07) is 10.5. The predicted molar refractivity (Wildman–Crippen MR) is 189 cm³/mol. The van der Waals surface area contributed by atoms with Crippen LogP contribution in [0.15, 0.2) is 30.3 Å². The fraction of sp³-hybridized carbons (Fsp3) is 0.842. The van der Waals surface area contributed by atoms with E-state index in [2.05, 4.69) is 68.0 Å². The van der Waals surface area contributed by atoms with E-state index in [4.69, 9.17) is 4.74 Å². The van der Waals surface area contributed by atoms with E-state index < -0.39 is 0 Å². The summed E-state index contributed by atoms with van der Waals surface area (Å²) in [6.07, 6.45) is 26.9. The maximum Gasteiger partial charge on any atom is 0.0466 e. The quantitative estimate of drug-likeness (QED) is 0.342. The molecule has 0 radical (unpaired) electrons. The lowest BCUT2D eigenvalue weighted by molar-refractivity contribution is 0.0968. The van der Waals surface area contributed by atoms with Crippen LogP contribution in [-0.4, -0.2) is 58.4 Å². The van der Waals surface area contributed by atoms with Crippen molar-refractivity contribution >= 4 is 0 Å². The number of hydrogen-bond acceptors (Lipinski definition) is 4. The number of piperidine rings is 2. The maximum atomic E-state index is 5.07. The molecule has 6 rings (SSSR count). The molecule has 0 amide bonds. The Balaban J connectivity index is 0.000000476. The molecular formula is C38H75N3O. The van der Waals surface area contributed by atoms with Gasteiger partial charge in [0.25, 0.3) is 0 Å². The van der Waals surface area contributed by atoms with Crippen molar-refractivity contribution in [2.45, 2.75) is 143 Å². The van der Waals surface area contributed by atoms with Gasteiger partial charge in [-0.2, -0.15) is 0 Å². The predicted octanol–water partition coefficient (Wildman–Crippen LogP) is 9.66. The molecule has 3 aliphatic heterocycles. The topological polar surface area (TPSA) is 50.5 Å². The van der Waals surface area contributed by atoms with Gasteiger partial charge in [-0.05, 0) is 109 Å². The van der Waals surface area contributed by atoms with Crippen LogP contribution in [-0.2, 0) is 11.2 Å². The third-order valence-electron chi connectivity index (χ3n) is 8.65. The Labute approximate surface area is 264 Å². The lowest BCUT2D eigenvalue weighted by Gasteiger charge is -2.20. The molecule has 2 saturated carbocycles. The molecule has 42 heavy (non-hydrogen) atoms. The highest BCUT2D eigenvalue weighted by molar-refractivity contribution is 5.13. The van der Waals surface area contributed by atoms with Crippen molar-refractivity contribution in [1.29, 1.82) is 0 Å². The number of nitrogens with two attached hydrogens (primary N) is 1. The van der Waals surface area contributed by atoms with Crippen molar-refractivity contribution in [1.82, 2.24) is 10.2 Å². The molecule has 4 heteroatoms. The molecule has 248 valence electrons. The zero-order valence-corrected chi connectivity index (χ0v) is 29.2. The van der Waals surface area contributed by atoms with Crippen LogP contribution in [0.3, 0.4) is 0 Å². The van der Waals surface area contributed by atoms with Crippen molar-refractivity contribution in [3.05, 3.63) is 35.9 Å². The standard InChI is InChI=1S/C8H10.C7H14.C6H13N.C6H12.C5H11N.C5H10O.CH5N/c1-2-8-6-4-3-5-7-8;2*1-7-5-3-2-4-6-7;1-6-4-2-3-5-6;2*1-2-4-6-5-3-1;1-2/h3-7H,2H2,1H3;7H,2-6H2,1H3;2-6H2,1H3;6H,2-5H2,1H3;6H,1-5H2;1-5H2;2H2,1H3. The summed E-state index contributed by atoms with van der Waals surface area (Å²) in [5.74, 6) is 2.08. The first-order chi connectivity index (χ1) is 20.6. The molecule has 5 aliphatic rings. The summed E-state index contributed by atoms with van der Waals surface area (Å²) >= 11 is 0. The second-order valence-electron chi connectivity index (χ2n) is 12.8. The van der Waals surface area contributed by atoms with Crippen molar-refractivity contribution in [3.8, 4) is 0 Å². The summed E-state index contributed by atoms with van der Waals surface area (Å²) in [6.45, 7) is 14.0. The van der Waals surface area contributed by atoms with Crippen molar-refractivity contribution in [2.24, 2.45) is 17.6 Å². The highest BCUT2D eigenvalue weighted by atomic mass is 16.5. The molecular weight excluding hydrogens is 514 g/mol. The second-order valence-corrected chi connectivity index (χ2v) is 12.8. The minimum atomic E-state index is 1.00. The van der Waals surface area contributed by atoms with Gasteiger partial charge in [-0.1, -0.05) is 122 Å². The Morgan fingerprint density at radius 2 is 1.07 bits per heavy atom. The third kappa shape index (κ3) is 29.1. The zero-order chi connectivity index (χ0) is 30.9. The summed E-state index contributed by atoms with van der Waals surface area (Å²) in [5, 5.41) is 3.28. The number of rotatable bonds is 1. The van der Waals surface area contributed by atoms with Gasteiger partial charge in [0.05, 0.1) is 0 Å². The average molecular weight is 590 g/mol. The largest absolute Gasteiger partial charge is 0.381 e. The lowest BCUT2D eigenvalue weighted by Crippen LogP contribution is -2.24. The van der Waals surface area contributed by atoms with Gasteiger partial charge in [-0.3, -0.25) is 0 Å². The summed E-state index contributed by atoms with van der Waals surface area (Å²) in [7, 11) is 3.69. The van der Waals surface area contributed by atoms with E-state index in [9.17, 15) is 0 Å². The van der Waals surface area contributed by atoms with E-state index in [1.165, 1.54) is 154 Å². The van der Waals surface area contributed by atoms with Crippen LogP contribution in [0.4, 0.5) is 0 Å². The number of hydrogen-bond donors (Lipinski definition) is 2. The molecule has 3 saturated heterocycles. The highest BCUT2D eigenvalue weighted by Crippen LogP contribution is 2.23. The molecule has 0 spiro atoms. The lowest BCUT2D eigenvalue weighted by atomic mass is 9.91. The summed E-state index contributed by atoms with van der Waals surface area (Å²) < 4.78 is 5.07. The molecule has 1 aromatic carbocycles. The minimum absolute atomic E-state index is 1.00. The Kier molecular flexibility index (Phi) is 32.2. The van der Waals surface area contributed by atoms with E-state index in [-0.39, 0.29) is 0 Å². The zero-order valence-electron chi connectivity index (χ0n) is 29.2. The fourth-order valence-corrected chi connectivity index (χ4v) is 5.69. The molecule has 0 aromatic heterocycles. The monoisotopic (exact) mass is 590 g/mol. The second kappa shape index (κ2) is 33.0. The molecule has 2 aliphatic carbocycles. The minimum Gasteiger partial charge on any atom is -0.381 e. The van der Waals surface area contributed by atoms with Crippen LogP contribution in [0.25, 0.3) is 0 Å². The van der Waals surface area contributed by atoms with Crippen LogP contribution < -0.4 is 11.1 Å². The molecule has 3 N–H and O–H groups in total. The first kappa shape index (κ1) is 41.1. The number of aryl methyl sites for hydroxylation is 1. The summed E-state index contributed by atoms with van der Waals surface area (Å²) in [4.78, 5) is 2.39. The highest BCUT2D eigenvalue weighted by Gasteiger charge is 2.07. The Hall–Kier alpha value is -0.940. The van der Waals surface area contributed by atoms with Gasteiger partial charge in [0.2, 0.25) is 0 Å². The van der Waals surface area contributed by atoms with Crippen LogP contribution in [0.2, 0.25) is 0 Å². The molecule has 1 aromatic rings. The molecule has 0 atom stereocenters. The molecule has 3 heterocycles. The number of benzene rings is 1. The Morgan fingerprint density at radius 3 is 1.29 bits per heavy atom. The number of ether oxygens (including phenoxy) is 1. The molecule has 0 unspecified atom stereocenters. The average Bonchev–Trinajstić information content (AvgIpc) is 3.57. The third-order valence-corrected chi connectivity index (χ3v) is 8.65. The smallest absolute Gasteiger partial charge is 0.0466 e. The Morgan fingerprint density at radius 1 is 0.643 bits per heavy atom. The number of nitrogens with one attached hydrogen (secondary N) is 1. The van der Waals surface area contributed by atoms with Gasteiger partial charge in [0, 0.05) is 13.2 Å². The van der Waals surface area contributed by atoms with Gasteiger partial charge in [-0.15, -0.1) is 0 Å². The molecule has 5 fully saturated rings. The van der Waals surface area contributed by atoms with E-state index in [0.717, 1.165) is 31.5 Å². The van der Waals surface area contributed by atoms with Crippen molar-refractivity contribution < 1.29 is 4.74 Å². The van der Waals surface area contributed by atoms with Gasteiger partial charge >= 0.3 is 0 Å². The van der Waals surface area contributed by atoms with Gasteiger partial charge in [-0.25, -0.2) is 0 Å². The first-order valence-electron chi connectivity index (χ1n) is 18.2. The van der Waals surface area contributed by atoms with Crippen molar-refractivity contribution in [3.63, 3.8) is 0 Å². The maximum absolute atomic E-state index is 5.07. The van der Waals surface area contributed by atoms with E-state index >= 15 is 0 Å². The molecule has 0 bridgehead atoms. The van der Waals surface area contributed by atoms with Crippen LogP contribution >= 0.6 is 0 Å². The van der Waals surface area contributed by atoms with E-state index in [1.807, 2.05) is 6.07 Å². The van der Waals surface area contributed by atoms with E-state index in [1.54, 1.807) is 0 Å². The van der Waals surface area contributed by atoms with Gasteiger partial charge in [0.15, 0.2) is 0 Å². The van der Waals surface area contributed by atoms with Crippen LogP contribution in [0.5, 0.6) is 0 Å². The van der Waals surface area contributed by atoms with Crippen LogP contribution in [0, 0.1) is 11.8 Å². The Bertz CT molecular complexity index is 549. The molecule has 4 nitrogen and oxygen atoms in total. The van der Waals surface area contributed by atoms with Gasteiger partial charge < -0.3 is 20.7 Å². The van der Waals surface area contributed by atoms with Crippen LogP contribution in [0.1, 0.15) is 142 Å². The summed E-state index contributed by atoms with van der Waals surface area (Å²) in [5.41, 5.74) is 5.91. The number of nitrogens with zero attached hydrogens (tertiary/aromatic N) is 1. The first-order valence-corrected chi connectivity index (χ1v) is 18.2. The number of likely N-dealkylation sites (tertiary alicyclic amines) is 1. The SMILES string of the molecule is C1CCNCC1.C1CCOCC1.CC1CCCC1.CC1CCCCC1.CCc1ccccc1.CN.CN1CCCCC1. The normalized spacial score (nSPS) is 20.8. The van der Waals surface area contributed by atoms with E-state index in [0.29, 0.717) is 0 Å². The van der Waals surface area contributed by atoms with Crippen molar-refractivity contribution in [2.75, 3.05) is 53.5 Å². The fourth-order valence-electron chi connectivity index (χ4n) is 5.69. The van der Waals surface area contributed by atoms with Gasteiger partial charge in [0.1, 0.15) is 0 Å².